The topological polar surface area (TPSA) is 46.9 Å². The molecule has 3 aromatic rings. The van der Waals surface area contributed by atoms with Crippen molar-refractivity contribution in [3.63, 3.8) is 0 Å². The number of aromatic nitrogens is 2. The van der Waals surface area contributed by atoms with Crippen molar-refractivity contribution >= 4 is 39.1 Å². The lowest BCUT2D eigenvalue weighted by molar-refractivity contribution is 0.102. The van der Waals surface area contributed by atoms with E-state index in [0.717, 1.165) is 15.6 Å². The molecule has 0 spiro atoms. The predicted octanol–water partition coefficient (Wildman–Crippen LogP) is 5.22. The number of hydrogen-bond donors (Lipinski definition) is 1. The summed E-state index contributed by atoms with van der Waals surface area (Å²) in [4.78, 5) is 12.7. The fourth-order valence-electron chi connectivity index (χ4n) is 2.58. The summed E-state index contributed by atoms with van der Waals surface area (Å²) in [7, 11) is 0. The fourth-order valence-corrected chi connectivity index (χ4v) is 3.49. The lowest BCUT2D eigenvalue weighted by Gasteiger charge is -2.08. The zero-order chi connectivity index (χ0) is 18.0. The van der Waals surface area contributed by atoms with Gasteiger partial charge in [-0.2, -0.15) is 5.10 Å². The van der Waals surface area contributed by atoms with Crippen LogP contribution in [-0.4, -0.2) is 15.7 Å². The average Bonchev–Trinajstić information content (AvgIpc) is 2.85. The van der Waals surface area contributed by atoms with Crippen molar-refractivity contribution < 1.29 is 4.79 Å². The molecule has 1 N–H and O–H groups in total. The van der Waals surface area contributed by atoms with E-state index in [1.165, 1.54) is 0 Å². The summed E-state index contributed by atoms with van der Waals surface area (Å²) >= 11 is 9.90. The number of anilines is 1. The largest absolute Gasteiger partial charge is 0.321 e. The third-order valence-corrected chi connectivity index (χ3v) is 4.88. The lowest BCUT2D eigenvalue weighted by Crippen LogP contribution is -2.13. The Labute approximate surface area is 159 Å². The Balaban J connectivity index is 1.85. The number of nitrogens with one attached hydrogen (secondary N) is 1. The average molecular weight is 419 g/mol. The van der Waals surface area contributed by atoms with E-state index >= 15 is 0 Å². The second-order valence-electron chi connectivity index (χ2n) is 5.83. The van der Waals surface area contributed by atoms with Crippen molar-refractivity contribution in [3.8, 4) is 0 Å². The highest BCUT2D eigenvalue weighted by atomic mass is 79.9. The number of aryl methyl sites for hydroxylation is 2. The van der Waals surface area contributed by atoms with Gasteiger partial charge in [0.25, 0.3) is 5.91 Å². The van der Waals surface area contributed by atoms with Crippen molar-refractivity contribution in [1.29, 1.82) is 0 Å². The molecule has 6 heteroatoms. The standard InChI is InChI=1S/C19H17BrClN3O/c1-12-8-9-16(15(20)10-12)22-19(25)17-13(2)23-24(18(17)21)11-14-6-4-3-5-7-14/h3-10H,11H2,1-2H3,(H,22,25). The maximum absolute atomic E-state index is 12.7. The number of hydrogen-bond acceptors (Lipinski definition) is 2. The highest BCUT2D eigenvalue weighted by molar-refractivity contribution is 9.10. The molecule has 0 aliphatic heterocycles. The van der Waals surface area contributed by atoms with Gasteiger partial charge < -0.3 is 5.32 Å². The number of rotatable bonds is 4. The summed E-state index contributed by atoms with van der Waals surface area (Å²) in [6.45, 7) is 4.29. The van der Waals surface area contributed by atoms with Crippen LogP contribution in [0.3, 0.4) is 0 Å². The summed E-state index contributed by atoms with van der Waals surface area (Å²) in [5, 5.41) is 7.64. The number of carbonyl (C=O) groups is 1. The molecule has 1 amide bonds. The van der Waals surface area contributed by atoms with Gasteiger partial charge in [0, 0.05) is 4.47 Å². The normalized spacial score (nSPS) is 10.7. The van der Waals surface area contributed by atoms with Crippen molar-refractivity contribution in [2.45, 2.75) is 20.4 Å². The monoisotopic (exact) mass is 417 g/mol. The van der Waals surface area contributed by atoms with Gasteiger partial charge in [-0.1, -0.05) is 48.0 Å². The number of halogens is 2. The Kier molecular flexibility index (Phi) is 5.25. The molecule has 2 aromatic carbocycles. The third kappa shape index (κ3) is 3.94. The maximum Gasteiger partial charge on any atom is 0.260 e. The molecule has 0 radical (unpaired) electrons. The van der Waals surface area contributed by atoms with E-state index in [4.69, 9.17) is 11.6 Å². The van der Waals surface area contributed by atoms with Crippen LogP contribution in [0.25, 0.3) is 0 Å². The fraction of sp³-hybridized carbons (Fsp3) is 0.158. The van der Waals surface area contributed by atoms with Gasteiger partial charge in [0.2, 0.25) is 0 Å². The minimum atomic E-state index is -0.272. The van der Waals surface area contributed by atoms with Crippen molar-refractivity contribution in [2.75, 3.05) is 5.32 Å². The Hall–Kier alpha value is -2.11. The third-order valence-electron chi connectivity index (χ3n) is 3.84. The molecule has 0 atom stereocenters. The van der Waals surface area contributed by atoms with Gasteiger partial charge in [0.15, 0.2) is 0 Å². The Morgan fingerprint density at radius 3 is 2.60 bits per heavy atom. The quantitative estimate of drug-likeness (QED) is 0.631. The van der Waals surface area contributed by atoms with Crippen molar-refractivity contribution in [1.82, 2.24) is 9.78 Å². The first-order valence-electron chi connectivity index (χ1n) is 7.80. The first-order chi connectivity index (χ1) is 12.0. The molecule has 1 aromatic heterocycles. The Morgan fingerprint density at radius 2 is 1.92 bits per heavy atom. The van der Waals surface area contributed by atoms with Gasteiger partial charge >= 0.3 is 0 Å². The summed E-state index contributed by atoms with van der Waals surface area (Å²) in [6.07, 6.45) is 0. The van der Waals surface area contributed by atoms with Gasteiger partial charge in [-0.25, -0.2) is 4.68 Å². The van der Waals surface area contributed by atoms with Crippen LogP contribution in [0.4, 0.5) is 5.69 Å². The Bertz CT molecular complexity index is 922. The molecule has 0 saturated heterocycles. The van der Waals surface area contributed by atoms with Crippen molar-refractivity contribution in [3.05, 3.63) is 80.5 Å². The maximum atomic E-state index is 12.7. The summed E-state index contributed by atoms with van der Waals surface area (Å²) in [5.74, 6) is -0.272. The molecular formula is C19H17BrClN3O. The van der Waals surface area contributed by atoms with Crippen molar-refractivity contribution in [2.24, 2.45) is 0 Å². The molecule has 1 heterocycles. The SMILES string of the molecule is Cc1ccc(NC(=O)c2c(C)nn(Cc3ccccc3)c2Cl)c(Br)c1. The van der Waals surface area contributed by atoms with Crippen LogP contribution in [0, 0.1) is 13.8 Å². The molecule has 0 bridgehead atoms. The van der Waals surface area contributed by atoms with E-state index in [1.807, 2.05) is 55.5 Å². The van der Waals surface area contributed by atoms with Crippen LogP contribution in [0.2, 0.25) is 5.15 Å². The molecule has 25 heavy (non-hydrogen) atoms. The van der Waals surface area contributed by atoms with E-state index in [-0.39, 0.29) is 5.91 Å². The number of amides is 1. The van der Waals surface area contributed by atoms with Crippen LogP contribution in [0.5, 0.6) is 0 Å². The molecule has 0 fully saturated rings. The van der Waals surface area contributed by atoms with E-state index < -0.39 is 0 Å². The molecular weight excluding hydrogens is 402 g/mol. The second-order valence-corrected chi connectivity index (χ2v) is 7.04. The first kappa shape index (κ1) is 17.7. The van der Waals surface area contributed by atoms with E-state index in [1.54, 1.807) is 11.6 Å². The minimum absolute atomic E-state index is 0.272. The Morgan fingerprint density at radius 1 is 1.20 bits per heavy atom. The minimum Gasteiger partial charge on any atom is -0.321 e. The molecule has 0 saturated carbocycles. The molecule has 4 nitrogen and oxygen atoms in total. The number of nitrogens with zero attached hydrogens (tertiary/aromatic N) is 2. The van der Waals surface area contributed by atoms with E-state index in [0.29, 0.717) is 28.6 Å². The van der Waals surface area contributed by atoms with E-state index in [2.05, 4.69) is 26.3 Å². The van der Waals surface area contributed by atoms with Crippen LogP contribution in [-0.2, 0) is 6.54 Å². The van der Waals surface area contributed by atoms with E-state index in [9.17, 15) is 4.79 Å². The zero-order valence-electron chi connectivity index (χ0n) is 13.9. The molecule has 0 aliphatic rings. The highest BCUT2D eigenvalue weighted by Gasteiger charge is 2.21. The predicted molar refractivity (Wildman–Crippen MR) is 104 cm³/mol. The van der Waals surface area contributed by atoms with Crippen LogP contribution < -0.4 is 5.32 Å². The number of benzene rings is 2. The molecule has 3 rings (SSSR count). The molecule has 128 valence electrons. The molecule has 0 unspecified atom stereocenters. The smallest absolute Gasteiger partial charge is 0.260 e. The van der Waals surface area contributed by atoms with Crippen LogP contribution >= 0.6 is 27.5 Å². The first-order valence-corrected chi connectivity index (χ1v) is 8.97. The number of carbonyl (C=O) groups excluding carboxylic acids is 1. The van der Waals surface area contributed by atoms with Gasteiger partial charge in [-0.05, 0) is 53.0 Å². The zero-order valence-corrected chi connectivity index (χ0v) is 16.2. The van der Waals surface area contributed by atoms with Gasteiger partial charge in [-0.15, -0.1) is 0 Å². The van der Waals surface area contributed by atoms with Gasteiger partial charge in [0.05, 0.1) is 23.5 Å². The van der Waals surface area contributed by atoms with Crippen LogP contribution in [0.15, 0.2) is 53.0 Å². The van der Waals surface area contributed by atoms with Gasteiger partial charge in [0.1, 0.15) is 5.15 Å². The summed E-state index contributed by atoms with van der Waals surface area (Å²) in [6, 6.07) is 15.6. The summed E-state index contributed by atoms with van der Waals surface area (Å²) < 4.78 is 2.47. The van der Waals surface area contributed by atoms with Crippen LogP contribution in [0.1, 0.15) is 27.2 Å². The highest BCUT2D eigenvalue weighted by Crippen LogP contribution is 2.26. The van der Waals surface area contributed by atoms with Gasteiger partial charge in [-0.3, -0.25) is 4.79 Å². The lowest BCUT2D eigenvalue weighted by atomic mass is 10.2. The molecule has 0 aliphatic carbocycles. The second kappa shape index (κ2) is 7.42. The summed E-state index contributed by atoms with van der Waals surface area (Å²) in [5.41, 5.74) is 3.86.